The van der Waals surface area contributed by atoms with Crippen LogP contribution in [0.2, 0.25) is 0 Å². The highest BCUT2D eigenvalue weighted by Gasteiger charge is 2.12. The van der Waals surface area contributed by atoms with Crippen molar-refractivity contribution >= 4 is 45.7 Å². The molecule has 2 N–H and O–H groups in total. The Hall–Kier alpha value is -3.65. The van der Waals surface area contributed by atoms with E-state index in [9.17, 15) is 9.59 Å². The number of thioether (sulfide) groups is 1. The molecule has 8 heteroatoms. The molecule has 0 fully saturated rings. The quantitative estimate of drug-likeness (QED) is 0.445. The van der Waals surface area contributed by atoms with Crippen LogP contribution < -0.4 is 10.6 Å². The van der Waals surface area contributed by atoms with Crippen LogP contribution in [0.5, 0.6) is 0 Å². The standard InChI is InChI=1S/C22H18N4O3S/c1-14(27)23-18-9-7-16(8-10-18)21-25-26-22(29-21)30-13-20(28)24-19-11-6-15-4-2-3-5-17(15)12-19/h2-12H,13H2,1H3,(H,23,27)(H,24,28). The molecule has 3 aromatic carbocycles. The molecule has 0 radical (unpaired) electrons. The van der Waals surface area contributed by atoms with Crippen molar-refractivity contribution in [3.63, 3.8) is 0 Å². The van der Waals surface area contributed by atoms with Crippen LogP contribution in [0, 0.1) is 0 Å². The average Bonchev–Trinajstić information content (AvgIpc) is 3.21. The van der Waals surface area contributed by atoms with Crippen LogP contribution in [-0.4, -0.2) is 27.8 Å². The van der Waals surface area contributed by atoms with Crippen molar-refractivity contribution < 1.29 is 14.0 Å². The molecule has 0 aliphatic rings. The Bertz CT molecular complexity index is 1200. The first-order valence-electron chi connectivity index (χ1n) is 9.20. The van der Waals surface area contributed by atoms with Gasteiger partial charge in [-0.2, -0.15) is 0 Å². The molecule has 0 saturated carbocycles. The molecule has 4 aromatic rings. The molecular weight excluding hydrogens is 400 g/mol. The molecule has 30 heavy (non-hydrogen) atoms. The third-order valence-corrected chi connectivity index (χ3v) is 5.04. The van der Waals surface area contributed by atoms with Crippen molar-refractivity contribution in [2.75, 3.05) is 16.4 Å². The molecule has 1 heterocycles. The van der Waals surface area contributed by atoms with Gasteiger partial charge in [-0.15, -0.1) is 10.2 Å². The number of anilines is 2. The second kappa shape index (κ2) is 8.79. The molecule has 0 bridgehead atoms. The van der Waals surface area contributed by atoms with E-state index < -0.39 is 0 Å². The Morgan fingerprint density at radius 3 is 2.40 bits per heavy atom. The van der Waals surface area contributed by atoms with Crippen molar-refractivity contribution in [2.24, 2.45) is 0 Å². The van der Waals surface area contributed by atoms with Gasteiger partial charge in [0.05, 0.1) is 5.75 Å². The maximum atomic E-state index is 12.3. The van der Waals surface area contributed by atoms with Crippen LogP contribution in [0.1, 0.15) is 6.92 Å². The molecule has 2 amide bonds. The minimum absolute atomic E-state index is 0.138. The number of nitrogens with one attached hydrogen (secondary N) is 2. The van der Waals surface area contributed by atoms with Gasteiger partial charge in [0.15, 0.2) is 0 Å². The molecule has 4 rings (SSSR count). The highest BCUT2D eigenvalue weighted by Crippen LogP contribution is 2.25. The van der Waals surface area contributed by atoms with Crippen molar-refractivity contribution in [2.45, 2.75) is 12.1 Å². The zero-order valence-electron chi connectivity index (χ0n) is 16.1. The molecule has 0 spiro atoms. The van der Waals surface area contributed by atoms with Gasteiger partial charge in [-0.25, -0.2) is 0 Å². The van der Waals surface area contributed by atoms with Crippen molar-refractivity contribution in [1.82, 2.24) is 10.2 Å². The molecule has 0 atom stereocenters. The van der Waals surface area contributed by atoms with E-state index in [4.69, 9.17) is 4.42 Å². The minimum Gasteiger partial charge on any atom is -0.411 e. The fraction of sp³-hybridized carbons (Fsp3) is 0.0909. The monoisotopic (exact) mass is 418 g/mol. The molecule has 7 nitrogen and oxygen atoms in total. The first-order valence-corrected chi connectivity index (χ1v) is 10.2. The number of aromatic nitrogens is 2. The van der Waals surface area contributed by atoms with Gasteiger partial charge in [0.2, 0.25) is 17.7 Å². The largest absolute Gasteiger partial charge is 0.411 e. The van der Waals surface area contributed by atoms with Gasteiger partial charge in [-0.1, -0.05) is 42.1 Å². The number of fused-ring (bicyclic) bond motifs is 1. The Labute approximate surface area is 176 Å². The van der Waals surface area contributed by atoms with Gasteiger partial charge in [0.25, 0.3) is 5.22 Å². The van der Waals surface area contributed by atoms with Crippen LogP contribution in [0.4, 0.5) is 11.4 Å². The van der Waals surface area contributed by atoms with Gasteiger partial charge in [-0.3, -0.25) is 9.59 Å². The lowest BCUT2D eigenvalue weighted by molar-refractivity contribution is -0.114. The van der Waals surface area contributed by atoms with E-state index in [1.807, 2.05) is 42.5 Å². The molecular formula is C22H18N4O3S. The predicted octanol–water partition coefficient (Wildman–Crippen LogP) is 4.58. The number of hydrogen-bond acceptors (Lipinski definition) is 6. The third kappa shape index (κ3) is 4.84. The van der Waals surface area contributed by atoms with E-state index in [0.717, 1.165) is 22.0 Å². The fourth-order valence-electron chi connectivity index (χ4n) is 2.88. The summed E-state index contributed by atoms with van der Waals surface area (Å²) in [4.78, 5) is 23.4. The fourth-order valence-corrected chi connectivity index (χ4v) is 3.44. The summed E-state index contributed by atoms with van der Waals surface area (Å²) in [6.45, 7) is 1.45. The number of benzene rings is 3. The Balaban J connectivity index is 1.34. The van der Waals surface area contributed by atoms with Crippen LogP contribution in [-0.2, 0) is 9.59 Å². The van der Waals surface area contributed by atoms with Gasteiger partial charge < -0.3 is 15.1 Å². The van der Waals surface area contributed by atoms with Crippen molar-refractivity contribution in [1.29, 1.82) is 0 Å². The first-order chi connectivity index (χ1) is 14.6. The van der Waals surface area contributed by atoms with E-state index in [2.05, 4.69) is 20.8 Å². The lowest BCUT2D eigenvalue weighted by Gasteiger charge is -2.05. The normalized spacial score (nSPS) is 10.7. The molecule has 0 unspecified atom stereocenters. The minimum atomic E-state index is -0.158. The van der Waals surface area contributed by atoms with E-state index in [-0.39, 0.29) is 17.6 Å². The van der Waals surface area contributed by atoms with E-state index in [1.54, 1.807) is 24.3 Å². The summed E-state index contributed by atoms with van der Waals surface area (Å²) in [6, 6.07) is 20.8. The number of carbonyl (C=O) groups excluding carboxylic acids is 2. The molecule has 0 aliphatic carbocycles. The highest BCUT2D eigenvalue weighted by molar-refractivity contribution is 7.99. The number of rotatable bonds is 6. The maximum absolute atomic E-state index is 12.3. The van der Waals surface area contributed by atoms with Gasteiger partial charge in [-0.05, 0) is 47.2 Å². The number of carbonyl (C=O) groups is 2. The molecule has 150 valence electrons. The van der Waals surface area contributed by atoms with Crippen LogP contribution >= 0.6 is 11.8 Å². The Morgan fingerprint density at radius 2 is 1.63 bits per heavy atom. The molecule has 0 saturated heterocycles. The predicted molar refractivity (Wildman–Crippen MR) is 117 cm³/mol. The summed E-state index contributed by atoms with van der Waals surface area (Å²) < 4.78 is 5.62. The van der Waals surface area contributed by atoms with Crippen molar-refractivity contribution in [3.05, 3.63) is 66.7 Å². The van der Waals surface area contributed by atoms with Gasteiger partial charge in [0.1, 0.15) is 0 Å². The van der Waals surface area contributed by atoms with Crippen molar-refractivity contribution in [3.8, 4) is 11.5 Å². The molecule has 0 aliphatic heterocycles. The molecule has 1 aromatic heterocycles. The lowest BCUT2D eigenvalue weighted by atomic mass is 10.1. The summed E-state index contributed by atoms with van der Waals surface area (Å²) in [5.41, 5.74) is 2.15. The van der Waals surface area contributed by atoms with Crippen LogP contribution in [0.15, 0.2) is 76.4 Å². The summed E-state index contributed by atoms with van der Waals surface area (Å²) >= 11 is 1.17. The SMILES string of the molecule is CC(=O)Nc1ccc(-c2nnc(SCC(=O)Nc3ccc4ccccc4c3)o2)cc1. The van der Waals surface area contributed by atoms with E-state index in [1.165, 1.54) is 18.7 Å². The zero-order valence-corrected chi connectivity index (χ0v) is 16.9. The van der Waals surface area contributed by atoms with Gasteiger partial charge in [0, 0.05) is 23.9 Å². The van der Waals surface area contributed by atoms with E-state index >= 15 is 0 Å². The third-order valence-electron chi connectivity index (χ3n) is 4.22. The topological polar surface area (TPSA) is 97.1 Å². The first kappa shape index (κ1) is 19.7. The van der Waals surface area contributed by atoms with E-state index in [0.29, 0.717) is 16.8 Å². The van der Waals surface area contributed by atoms with Crippen LogP contribution in [0.3, 0.4) is 0 Å². The second-order valence-corrected chi connectivity index (χ2v) is 7.46. The maximum Gasteiger partial charge on any atom is 0.277 e. The number of amides is 2. The summed E-state index contributed by atoms with van der Waals surface area (Å²) in [6.07, 6.45) is 0. The summed E-state index contributed by atoms with van der Waals surface area (Å²) in [5, 5.41) is 16.1. The van der Waals surface area contributed by atoms with Gasteiger partial charge >= 0.3 is 0 Å². The summed E-state index contributed by atoms with van der Waals surface area (Å²) in [5.74, 6) is 0.202. The zero-order chi connectivity index (χ0) is 20.9. The smallest absolute Gasteiger partial charge is 0.277 e. The number of hydrogen-bond donors (Lipinski definition) is 2. The summed E-state index contributed by atoms with van der Waals surface area (Å²) in [7, 11) is 0. The average molecular weight is 418 g/mol. The lowest BCUT2D eigenvalue weighted by Crippen LogP contribution is -2.13. The van der Waals surface area contributed by atoms with Crippen LogP contribution in [0.25, 0.3) is 22.2 Å². The Kier molecular flexibility index (Phi) is 5.76. The highest BCUT2D eigenvalue weighted by atomic mass is 32.2. The second-order valence-electron chi connectivity index (χ2n) is 6.53. The Morgan fingerprint density at radius 1 is 0.900 bits per heavy atom. The number of nitrogens with zero attached hydrogens (tertiary/aromatic N) is 2.